The molecule has 5 nitrogen and oxygen atoms in total. The van der Waals surface area contributed by atoms with Gasteiger partial charge >= 0.3 is 11.9 Å². The van der Waals surface area contributed by atoms with E-state index in [0.29, 0.717) is 11.3 Å². The number of methoxy groups -OCH3 is 2. The lowest BCUT2D eigenvalue weighted by Crippen LogP contribution is -2.00. The van der Waals surface area contributed by atoms with E-state index < -0.39 is 11.9 Å². The van der Waals surface area contributed by atoms with Crippen molar-refractivity contribution in [3.05, 3.63) is 47.7 Å². The number of carbonyl (C=O) groups is 2. The lowest BCUT2D eigenvalue weighted by molar-refractivity contribution is 0.0564. The molecule has 1 aromatic carbocycles. The largest absolute Gasteiger partial charge is 0.465 e. The zero-order valence-electron chi connectivity index (χ0n) is 10.5. The predicted molar refractivity (Wildman–Crippen MR) is 66.8 cm³/mol. The van der Waals surface area contributed by atoms with Gasteiger partial charge in [0.05, 0.1) is 19.8 Å². The zero-order chi connectivity index (χ0) is 13.8. The van der Waals surface area contributed by atoms with Crippen LogP contribution in [0, 0.1) is 0 Å². The molecule has 0 aliphatic heterocycles. The van der Waals surface area contributed by atoms with Crippen molar-refractivity contribution in [2.45, 2.75) is 0 Å². The number of furan rings is 1. The van der Waals surface area contributed by atoms with Gasteiger partial charge in [0.15, 0.2) is 0 Å². The smallest absolute Gasteiger partial charge is 0.373 e. The van der Waals surface area contributed by atoms with Crippen LogP contribution in [0.2, 0.25) is 0 Å². The maximum Gasteiger partial charge on any atom is 0.373 e. The van der Waals surface area contributed by atoms with Gasteiger partial charge in [-0.2, -0.15) is 0 Å². The van der Waals surface area contributed by atoms with Crippen molar-refractivity contribution < 1.29 is 23.5 Å². The van der Waals surface area contributed by atoms with Crippen molar-refractivity contribution in [1.82, 2.24) is 0 Å². The highest BCUT2D eigenvalue weighted by molar-refractivity contribution is 5.90. The molecule has 2 rings (SSSR count). The third kappa shape index (κ3) is 2.65. The normalized spacial score (nSPS) is 10.0. The Morgan fingerprint density at radius 3 is 2.11 bits per heavy atom. The Morgan fingerprint density at radius 1 is 0.895 bits per heavy atom. The van der Waals surface area contributed by atoms with Crippen molar-refractivity contribution in [2.75, 3.05) is 14.2 Å². The van der Waals surface area contributed by atoms with E-state index in [4.69, 9.17) is 4.42 Å². The molecule has 19 heavy (non-hydrogen) atoms. The first-order valence-corrected chi connectivity index (χ1v) is 5.52. The molecular weight excluding hydrogens is 248 g/mol. The minimum Gasteiger partial charge on any atom is -0.465 e. The molecule has 98 valence electrons. The zero-order valence-corrected chi connectivity index (χ0v) is 10.5. The van der Waals surface area contributed by atoms with Crippen molar-refractivity contribution in [2.24, 2.45) is 0 Å². The van der Waals surface area contributed by atoms with Crippen LogP contribution in [0.5, 0.6) is 0 Å². The van der Waals surface area contributed by atoms with Gasteiger partial charge in [0.25, 0.3) is 0 Å². The summed E-state index contributed by atoms with van der Waals surface area (Å²) in [5.41, 5.74) is 1.20. The van der Waals surface area contributed by atoms with Crippen molar-refractivity contribution in [3.63, 3.8) is 0 Å². The lowest BCUT2D eigenvalue weighted by Gasteiger charge is -2.00. The Kier molecular flexibility index (Phi) is 3.66. The van der Waals surface area contributed by atoms with Crippen LogP contribution in [0.1, 0.15) is 20.9 Å². The van der Waals surface area contributed by atoms with Gasteiger partial charge < -0.3 is 13.9 Å². The Hall–Kier alpha value is -2.56. The Bertz CT molecular complexity index is 595. The Morgan fingerprint density at radius 2 is 1.53 bits per heavy atom. The van der Waals surface area contributed by atoms with Crippen LogP contribution in [-0.4, -0.2) is 26.2 Å². The standard InChI is InChI=1S/C14H12O5/c1-17-13(15)10-5-3-9(4-6-10)11-7-8-12(19-11)14(16)18-2/h3-8H,1-2H3. The van der Waals surface area contributed by atoms with E-state index in [-0.39, 0.29) is 5.76 Å². The summed E-state index contributed by atoms with van der Waals surface area (Å²) in [6, 6.07) is 9.89. The summed E-state index contributed by atoms with van der Waals surface area (Å²) in [5, 5.41) is 0. The van der Waals surface area contributed by atoms with Gasteiger partial charge in [0, 0.05) is 5.56 Å². The Balaban J connectivity index is 2.25. The molecular formula is C14H12O5. The second-order valence-corrected chi connectivity index (χ2v) is 3.72. The number of carbonyl (C=O) groups excluding carboxylic acids is 2. The highest BCUT2D eigenvalue weighted by atomic mass is 16.5. The van der Waals surface area contributed by atoms with E-state index >= 15 is 0 Å². The molecule has 0 fully saturated rings. The average molecular weight is 260 g/mol. The quantitative estimate of drug-likeness (QED) is 0.793. The Labute approximate surface area is 109 Å². The number of ether oxygens (including phenoxy) is 2. The van der Waals surface area contributed by atoms with E-state index in [1.165, 1.54) is 20.3 Å². The van der Waals surface area contributed by atoms with E-state index in [0.717, 1.165) is 5.56 Å². The number of esters is 2. The number of hydrogen-bond donors (Lipinski definition) is 0. The molecule has 0 aliphatic carbocycles. The molecule has 1 heterocycles. The van der Waals surface area contributed by atoms with Gasteiger partial charge in [-0.1, -0.05) is 12.1 Å². The van der Waals surface area contributed by atoms with Crippen LogP contribution < -0.4 is 0 Å². The molecule has 2 aromatic rings. The van der Waals surface area contributed by atoms with Gasteiger partial charge in [-0.15, -0.1) is 0 Å². The van der Waals surface area contributed by atoms with Crippen molar-refractivity contribution in [3.8, 4) is 11.3 Å². The first kappa shape index (κ1) is 12.9. The van der Waals surface area contributed by atoms with Crippen LogP contribution in [0.25, 0.3) is 11.3 Å². The van der Waals surface area contributed by atoms with Crippen molar-refractivity contribution >= 4 is 11.9 Å². The van der Waals surface area contributed by atoms with Crippen LogP contribution in [0.4, 0.5) is 0 Å². The molecule has 0 saturated carbocycles. The molecule has 0 spiro atoms. The summed E-state index contributed by atoms with van der Waals surface area (Å²) >= 11 is 0. The molecule has 0 amide bonds. The second kappa shape index (κ2) is 5.39. The van der Waals surface area contributed by atoms with E-state index in [9.17, 15) is 9.59 Å². The van der Waals surface area contributed by atoms with E-state index in [2.05, 4.69) is 9.47 Å². The van der Waals surface area contributed by atoms with Gasteiger partial charge in [-0.05, 0) is 24.3 Å². The second-order valence-electron chi connectivity index (χ2n) is 3.72. The summed E-state index contributed by atoms with van der Waals surface area (Å²) in [4.78, 5) is 22.5. The molecule has 0 radical (unpaired) electrons. The third-order valence-corrected chi connectivity index (χ3v) is 2.58. The first-order valence-electron chi connectivity index (χ1n) is 5.52. The first-order chi connectivity index (χ1) is 9.15. The monoisotopic (exact) mass is 260 g/mol. The fourth-order valence-electron chi connectivity index (χ4n) is 1.59. The predicted octanol–water partition coefficient (Wildman–Crippen LogP) is 2.52. The molecule has 0 bridgehead atoms. The highest BCUT2D eigenvalue weighted by Crippen LogP contribution is 2.23. The topological polar surface area (TPSA) is 65.7 Å². The fraction of sp³-hybridized carbons (Fsp3) is 0.143. The molecule has 0 saturated heterocycles. The number of benzene rings is 1. The average Bonchev–Trinajstić information content (AvgIpc) is 2.95. The number of hydrogen-bond acceptors (Lipinski definition) is 5. The fourth-order valence-corrected chi connectivity index (χ4v) is 1.59. The molecule has 0 aliphatic rings. The summed E-state index contributed by atoms with van der Waals surface area (Å²) < 4.78 is 14.5. The van der Waals surface area contributed by atoms with Crippen molar-refractivity contribution in [1.29, 1.82) is 0 Å². The summed E-state index contributed by atoms with van der Waals surface area (Å²) in [6.07, 6.45) is 0. The van der Waals surface area contributed by atoms with Crippen LogP contribution >= 0.6 is 0 Å². The van der Waals surface area contributed by atoms with Crippen LogP contribution in [0.3, 0.4) is 0 Å². The summed E-state index contributed by atoms with van der Waals surface area (Å²) in [6.45, 7) is 0. The molecule has 0 atom stereocenters. The molecule has 0 N–H and O–H groups in total. The summed E-state index contributed by atoms with van der Waals surface area (Å²) in [7, 11) is 2.61. The van der Waals surface area contributed by atoms with E-state index in [1.807, 2.05) is 0 Å². The summed E-state index contributed by atoms with van der Waals surface area (Å²) in [5.74, 6) is -0.273. The van der Waals surface area contributed by atoms with Gasteiger partial charge in [0.1, 0.15) is 5.76 Å². The molecule has 1 aromatic heterocycles. The molecule has 5 heteroatoms. The lowest BCUT2D eigenvalue weighted by atomic mass is 10.1. The van der Waals surface area contributed by atoms with Gasteiger partial charge in [-0.25, -0.2) is 9.59 Å². The van der Waals surface area contributed by atoms with Gasteiger partial charge in [-0.3, -0.25) is 0 Å². The van der Waals surface area contributed by atoms with Crippen LogP contribution in [0.15, 0.2) is 40.8 Å². The highest BCUT2D eigenvalue weighted by Gasteiger charge is 2.12. The van der Waals surface area contributed by atoms with Gasteiger partial charge in [0.2, 0.25) is 5.76 Å². The van der Waals surface area contributed by atoms with E-state index in [1.54, 1.807) is 30.3 Å². The minimum absolute atomic E-state index is 0.134. The SMILES string of the molecule is COC(=O)c1ccc(-c2ccc(C(=O)OC)o2)cc1. The number of rotatable bonds is 3. The molecule has 0 unspecified atom stereocenters. The minimum atomic E-state index is -0.530. The van der Waals surface area contributed by atoms with Crippen LogP contribution in [-0.2, 0) is 9.47 Å². The third-order valence-electron chi connectivity index (χ3n) is 2.58. The maximum absolute atomic E-state index is 11.3. The maximum atomic E-state index is 11.3.